The fourth-order valence-electron chi connectivity index (χ4n) is 3.47. The Morgan fingerprint density at radius 1 is 1.06 bits per heavy atom. The van der Waals surface area contributed by atoms with Gasteiger partial charge in [-0.15, -0.1) is 0 Å². The van der Waals surface area contributed by atoms with Crippen LogP contribution in [0.25, 0.3) is 0 Å². The molecule has 0 heterocycles. The molecule has 0 aromatic heterocycles. The van der Waals surface area contributed by atoms with E-state index in [0.29, 0.717) is 17.7 Å². The predicted octanol–water partition coefficient (Wildman–Crippen LogP) is 5.12. The minimum Gasteiger partial charge on any atom is -0.508 e. The summed E-state index contributed by atoms with van der Waals surface area (Å²) in [6.07, 6.45) is -3.60. The molecule has 2 unspecified atom stereocenters. The number of amidine groups is 1. The van der Waals surface area contributed by atoms with Gasteiger partial charge in [0.15, 0.2) is 0 Å². The van der Waals surface area contributed by atoms with Crippen LogP contribution in [-0.2, 0) is 6.18 Å². The Bertz CT molecular complexity index is 1260. The second-order valence-corrected chi connectivity index (χ2v) is 7.87. The lowest BCUT2D eigenvalue weighted by Gasteiger charge is -2.13. The SMILES string of the molecule is NC(=NC=Nc1ccc(O)cc1)c1ccc(C2CC2NC(=O)Oc2ccccc2C(F)(F)F)cc1. The van der Waals surface area contributed by atoms with Crippen LogP contribution in [0, 0.1) is 0 Å². The van der Waals surface area contributed by atoms with Crippen molar-refractivity contribution < 1.29 is 27.8 Å². The zero-order valence-corrected chi connectivity index (χ0v) is 18.2. The Morgan fingerprint density at radius 3 is 2.43 bits per heavy atom. The van der Waals surface area contributed by atoms with Gasteiger partial charge < -0.3 is 20.9 Å². The van der Waals surface area contributed by atoms with Gasteiger partial charge >= 0.3 is 12.3 Å². The van der Waals surface area contributed by atoms with E-state index < -0.39 is 23.6 Å². The van der Waals surface area contributed by atoms with Crippen molar-refractivity contribution in [1.82, 2.24) is 5.32 Å². The second kappa shape index (κ2) is 9.88. The van der Waals surface area contributed by atoms with E-state index in [1.807, 2.05) is 12.1 Å². The zero-order valence-electron chi connectivity index (χ0n) is 18.2. The van der Waals surface area contributed by atoms with Crippen molar-refractivity contribution in [3.8, 4) is 11.5 Å². The van der Waals surface area contributed by atoms with Crippen LogP contribution in [0.5, 0.6) is 11.5 Å². The molecule has 4 N–H and O–H groups in total. The summed E-state index contributed by atoms with van der Waals surface area (Å²) in [5.41, 5.74) is 7.23. The number of carbonyl (C=O) groups excluding carboxylic acids is 1. The minimum absolute atomic E-state index is 0.0173. The highest BCUT2D eigenvalue weighted by atomic mass is 19.4. The molecule has 0 spiro atoms. The summed E-state index contributed by atoms with van der Waals surface area (Å²) in [4.78, 5) is 20.4. The number of aromatic hydroxyl groups is 1. The largest absolute Gasteiger partial charge is 0.508 e. The molecule has 0 aliphatic heterocycles. The molecule has 3 aromatic rings. The summed E-state index contributed by atoms with van der Waals surface area (Å²) in [6, 6.07) is 17.9. The Labute approximate surface area is 198 Å². The number of nitrogens with zero attached hydrogens (tertiary/aromatic N) is 2. The third-order valence-corrected chi connectivity index (χ3v) is 5.38. The average Bonchev–Trinajstić information content (AvgIpc) is 3.59. The lowest BCUT2D eigenvalue weighted by atomic mass is 10.1. The van der Waals surface area contributed by atoms with Gasteiger partial charge in [0.25, 0.3) is 0 Å². The number of carbonyl (C=O) groups is 1. The molecule has 1 fully saturated rings. The minimum atomic E-state index is -4.62. The molecule has 35 heavy (non-hydrogen) atoms. The molecule has 10 heteroatoms. The highest BCUT2D eigenvalue weighted by Gasteiger charge is 2.40. The molecule has 4 rings (SSSR count). The van der Waals surface area contributed by atoms with E-state index in [2.05, 4.69) is 15.3 Å². The number of alkyl halides is 3. The molecule has 3 aromatic carbocycles. The molecule has 0 radical (unpaired) electrons. The highest BCUT2D eigenvalue weighted by molar-refractivity contribution is 6.01. The molecule has 1 aliphatic carbocycles. The topological polar surface area (TPSA) is 109 Å². The first kappa shape index (κ1) is 23.8. The van der Waals surface area contributed by atoms with Gasteiger partial charge in [0.1, 0.15) is 23.7 Å². The Kier molecular flexibility index (Phi) is 6.72. The van der Waals surface area contributed by atoms with E-state index >= 15 is 0 Å². The maximum absolute atomic E-state index is 13.1. The van der Waals surface area contributed by atoms with Crippen molar-refractivity contribution in [3.05, 3.63) is 89.5 Å². The van der Waals surface area contributed by atoms with Gasteiger partial charge in [-0.1, -0.05) is 36.4 Å². The monoisotopic (exact) mass is 482 g/mol. The van der Waals surface area contributed by atoms with Crippen LogP contribution in [0.1, 0.15) is 29.0 Å². The van der Waals surface area contributed by atoms with Gasteiger partial charge in [-0.3, -0.25) is 0 Å². The lowest BCUT2D eigenvalue weighted by Crippen LogP contribution is -2.30. The number of amides is 1. The average molecular weight is 482 g/mol. The number of hydrogen-bond donors (Lipinski definition) is 3. The number of nitrogens with two attached hydrogens (primary N) is 1. The Morgan fingerprint density at radius 2 is 1.74 bits per heavy atom. The Balaban J connectivity index is 1.32. The number of hydrogen-bond acceptors (Lipinski definition) is 4. The van der Waals surface area contributed by atoms with Crippen LogP contribution < -0.4 is 15.8 Å². The summed E-state index contributed by atoms with van der Waals surface area (Å²) < 4.78 is 44.1. The summed E-state index contributed by atoms with van der Waals surface area (Å²) in [5.74, 6) is -0.119. The van der Waals surface area contributed by atoms with Crippen LogP contribution in [0.4, 0.5) is 23.7 Å². The zero-order chi connectivity index (χ0) is 25.0. The van der Waals surface area contributed by atoms with Crippen LogP contribution in [-0.4, -0.2) is 29.4 Å². The quantitative estimate of drug-likeness (QED) is 0.335. The molecule has 1 amide bonds. The van der Waals surface area contributed by atoms with Crippen molar-refractivity contribution in [2.24, 2.45) is 15.7 Å². The van der Waals surface area contributed by atoms with E-state index in [1.54, 1.807) is 24.3 Å². The molecule has 0 bridgehead atoms. The van der Waals surface area contributed by atoms with Crippen LogP contribution in [0.2, 0.25) is 0 Å². The van der Waals surface area contributed by atoms with Crippen LogP contribution in [0.3, 0.4) is 0 Å². The third kappa shape index (κ3) is 6.17. The first-order chi connectivity index (χ1) is 16.7. The number of ether oxygens (including phenoxy) is 1. The summed E-state index contributed by atoms with van der Waals surface area (Å²) >= 11 is 0. The molecule has 1 saturated carbocycles. The number of halogens is 3. The molecule has 2 atom stereocenters. The van der Waals surface area contributed by atoms with Gasteiger partial charge in [-0.05, 0) is 48.4 Å². The van der Waals surface area contributed by atoms with E-state index in [9.17, 15) is 23.1 Å². The standard InChI is InChI=1S/C25H21F3N4O3/c26-25(27,28)20-3-1-2-4-22(20)35-24(34)32-21-13-19(21)15-5-7-16(8-6-15)23(29)31-14-30-17-9-11-18(33)12-10-17/h1-12,14,19,21,33H,13H2,(H,32,34)(H2,29,30,31). The van der Waals surface area contributed by atoms with E-state index in [1.165, 1.54) is 30.6 Å². The van der Waals surface area contributed by atoms with Gasteiger partial charge in [0, 0.05) is 17.5 Å². The van der Waals surface area contributed by atoms with E-state index in [0.717, 1.165) is 17.7 Å². The van der Waals surface area contributed by atoms with Gasteiger partial charge in [-0.2, -0.15) is 13.2 Å². The summed E-state index contributed by atoms with van der Waals surface area (Å²) in [7, 11) is 0. The van der Waals surface area contributed by atoms with E-state index in [4.69, 9.17) is 10.5 Å². The highest BCUT2D eigenvalue weighted by Crippen LogP contribution is 2.41. The van der Waals surface area contributed by atoms with Crippen LogP contribution >= 0.6 is 0 Å². The maximum Gasteiger partial charge on any atom is 0.419 e. The first-order valence-corrected chi connectivity index (χ1v) is 10.6. The molecule has 1 aliphatic rings. The normalized spacial score (nSPS) is 17.9. The predicted molar refractivity (Wildman–Crippen MR) is 125 cm³/mol. The number of para-hydroxylation sites is 1. The molecule has 0 saturated heterocycles. The van der Waals surface area contributed by atoms with Crippen molar-refractivity contribution in [2.75, 3.05) is 0 Å². The molecular formula is C25H21F3N4O3. The van der Waals surface area contributed by atoms with Crippen molar-refractivity contribution in [2.45, 2.75) is 24.6 Å². The molecule has 7 nitrogen and oxygen atoms in total. The number of phenols is 1. The summed E-state index contributed by atoms with van der Waals surface area (Å²) in [6.45, 7) is 0. The van der Waals surface area contributed by atoms with Crippen molar-refractivity contribution in [1.29, 1.82) is 0 Å². The van der Waals surface area contributed by atoms with Crippen molar-refractivity contribution in [3.63, 3.8) is 0 Å². The van der Waals surface area contributed by atoms with Gasteiger partial charge in [0.05, 0.1) is 11.3 Å². The molecular weight excluding hydrogens is 461 g/mol. The fourth-order valence-corrected chi connectivity index (χ4v) is 3.47. The van der Waals surface area contributed by atoms with Gasteiger partial charge in [-0.25, -0.2) is 14.8 Å². The first-order valence-electron chi connectivity index (χ1n) is 10.6. The maximum atomic E-state index is 13.1. The fraction of sp³-hybridized carbons (Fsp3) is 0.160. The van der Waals surface area contributed by atoms with Gasteiger partial charge in [0.2, 0.25) is 0 Å². The third-order valence-electron chi connectivity index (χ3n) is 5.38. The van der Waals surface area contributed by atoms with E-state index in [-0.39, 0.29) is 23.5 Å². The summed E-state index contributed by atoms with van der Waals surface area (Å²) in [5, 5.41) is 11.9. The second-order valence-electron chi connectivity index (χ2n) is 7.87. The Hall–Kier alpha value is -4.34. The number of nitrogens with one attached hydrogen (secondary N) is 1. The molecule has 180 valence electrons. The number of phenolic OH excluding ortho intramolecular Hbond substituents is 1. The smallest absolute Gasteiger partial charge is 0.419 e. The lowest BCUT2D eigenvalue weighted by molar-refractivity contribution is -0.138. The number of benzene rings is 3. The van der Waals surface area contributed by atoms with Crippen molar-refractivity contribution >= 4 is 24.0 Å². The van der Waals surface area contributed by atoms with Crippen LogP contribution in [0.15, 0.2) is 82.8 Å². The number of aliphatic imine (C=N–C) groups is 2. The number of rotatable bonds is 6.